The Morgan fingerprint density at radius 3 is 2.83 bits per heavy atom. The molecule has 1 amide bonds. The zero-order valence-corrected chi connectivity index (χ0v) is 14.9. The summed E-state index contributed by atoms with van der Waals surface area (Å²) in [6.07, 6.45) is 0. The summed E-state index contributed by atoms with van der Waals surface area (Å²) in [5.74, 6) is -0.376. The van der Waals surface area contributed by atoms with E-state index < -0.39 is 0 Å². The fourth-order valence-electron chi connectivity index (χ4n) is 2.07. The minimum Gasteiger partial charge on any atom is -0.370 e. The number of nitrogens with one attached hydrogen (secondary N) is 1. The van der Waals surface area contributed by atoms with Crippen LogP contribution < -0.4 is 5.32 Å². The predicted molar refractivity (Wildman–Crippen MR) is 93.4 cm³/mol. The summed E-state index contributed by atoms with van der Waals surface area (Å²) in [6.45, 7) is 1.12. The number of hydrogen-bond donors (Lipinski definition) is 1. The average Bonchev–Trinajstić information content (AvgIpc) is 3.10. The van der Waals surface area contributed by atoms with E-state index in [-0.39, 0.29) is 18.3 Å². The van der Waals surface area contributed by atoms with Crippen LogP contribution in [-0.2, 0) is 29.3 Å². The lowest BCUT2D eigenvalue weighted by Gasteiger charge is -2.02. The first-order valence-corrected chi connectivity index (χ1v) is 8.87. The highest BCUT2D eigenvalue weighted by Gasteiger charge is 2.16. The lowest BCUT2D eigenvalue weighted by molar-refractivity contribution is -0.118. The van der Waals surface area contributed by atoms with Crippen molar-refractivity contribution < 1.29 is 9.53 Å². The molecule has 3 aromatic rings. The summed E-state index contributed by atoms with van der Waals surface area (Å²) in [5.41, 5.74) is 1.72. The van der Waals surface area contributed by atoms with Crippen molar-refractivity contribution >= 4 is 45.4 Å². The number of halogens is 2. The Balaban J connectivity index is 1.65. The highest BCUT2D eigenvalue weighted by Crippen LogP contribution is 2.23. The van der Waals surface area contributed by atoms with Gasteiger partial charge >= 0.3 is 0 Å². The smallest absolute Gasteiger partial charge is 0.235 e. The molecule has 0 saturated carbocycles. The fraction of sp³-hybridized carbons (Fsp3) is 0.267. The number of hydrogen-bond acceptors (Lipinski definition) is 5. The number of amides is 1. The Bertz CT molecular complexity index is 835. The Morgan fingerprint density at radius 1 is 1.29 bits per heavy atom. The number of rotatable bonds is 7. The molecular weight excluding hydrogens is 371 g/mol. The van der Waals surface area contributed by atoms with Gasteiger partial charge in [-0.3, -0.25) is 4.79 Å². The van der Waals surface area contributed by atoms with E-state index in [1.807, 2.05) is 30.3 Å². The van der Waals surface area contributed by atoms with Crippen molar-refractivity contribution in [2.75, 3.05) is 5.88 Å². The lowest BCUT2D eigenvalue weighted by atomic mass is 10.2. The molecule has 6 nitrogen and oxygen atoms in total. The molecule has 0 fully saturated rings. The molecule has 0 unspecified atom stereocenters. The van der Waals surface area contributed by atoms with Crippen LogP contribution in [0.3, 0.4) is 0 Å². The highest BCUT2D eigenvalue weighted by atomic mass is 35.5. The normalized spacial score (nSPS) is 11.1. The minimum absolute atomic E-state index is 0.102. The van der Waals surface area contributed by atoms with Crippen LogP contribution in [0.5, 0.6) is 0 Å². The summed E-state index contributed by atoms with van der Waals surface area (Å²) >= 11 is 13.0. The second kappa shape index (κ2) is 7.94. The molecule has 1 N–H and O–H groups in total. The van der Waals surface area contributed by atoms with E-state index in [1.54, 1.807) is 4.52 Å². The molecule has 0 bridgehead atoms. The van der Waals surface area contributed by atoms with E-state index in [0.29, 0.717) is 29.0 Å². The first-order valence-electron chi connectivity index (χ1n) is 7.14. The molecular formula is C15H14Cl2N4O2S. The number of carbonyl (C=O) groups is 1. The van der Waals surface area contributed by atoms with Crippen molar-refractivity contribution in [3.8, 4) is 0 Å². The number of alkyl halides is 1. The predicted octanol–water partition coefficient (Wildman–Crippen LogP) is 3.02. The van der Waals surface area contributed by atoms with Crippen LogP contribution in [0.15, 0.2) is 30.3 Å². The molecule has 0 aliphatic carbocycles. The number of imidazole rings is 1. The van der Waals surface area contributed by atoms with Gasteiger partial charge in [0.15, 0.2) is 5.15 Å². The van der Waals surface area contributed by atoms with Gasteiger partial charge < -0.3 is 10.1 Å². The van der Waals surface area contributed by atoms with Gasteiger partial charge in [-0.05, 0) is 5.56 Å². The van der Waals surface area contributed by atoms with Crippen molar-refractivity contribution in [2.24, 2.45) is 0 Å². The van der Waals surface area contributed by atoms with Crippen LogP contribution in [0, 0.1) is 0 Å². The van der Waals surface area contributed by atoms with Gasteiger partial charge in [-0.1, -0.05) is 53.3 Å². The molecule has 0 radical (unpaired) electrons. The molecule has 24 heavy (non-hydrogen) atoms. The van der Waals surface area contributed by atoms with E-state index in [2.05, 4.69) is 15.4 Å². The third-order valence-corrected chi connectivity index (χ3v) is 4.63. The van der Waals surface area contributed by atoms with Crippen molar-refractivity contribution in [1.82, 2.24) is 19.9 Å². The van der Waals surface area contributed by atoms with Gasteiger partial charge in [-0.15, -0.1) is 11.6 Å². The Labute approximate surface area is 152 Å². The summed E-state index contributed by atoms with van der Waals surface area (Å²) < 4.78 is 7.30. The van der Waals surface area contributed by atoms with E-state index >= 15 is 0 Å². The van der Waals surface area contributed by atoms with Crippen molar-refractivity contribution in [3.63, 3.8) is 0 Å². The van der Waals surface area contributed by atoms with Gasteiger partial charge in [0.2, 0.25) is 10.9 Å². The van der Waals surface area contributed by atoms with Crippen LogP contribution in [0.25, 0.3) is 4.96 Å². The van der Waals surface area contributed by atoms with Crippen molar-refractivity contribution in [1.29, 1.82) is 0 Å². The number of ether oxygens (including phenoxy) is 1. The van der Waals surface area contributed by atoms with Gasteiger partial charge in [0, 0.05) is 0 Å². The van der Waals surface area contributed by atoms with E-state index in [9.17, 15) is 4.79 Å². The van der Waals surface area contributed by atoms with E-state index in [0.717, 1.165) is 10.6 Å². The maximum absolute atomic E-state index is 11.3. The maximum Gasteiger partial charge on any atom is 0.235 e. The molecule has 0 aliphatic heterocycles. The Morgan fingerprint density at radius 2 is 2.08 bits per heavy atom. The summed E-state index contributed by atoms with van der Waals surface area (Å²) in [7, 11) is 0. The highest BCUT2D eigenvalue weighted by molar-refractivity contribution is 7.16. The topological polar surface area (TPSA) is 68.5 Å². The van der Waals surface area contributed by atoms with Gasteiger partial charge in [-0.25, -0.2) is 9.50 Å². The van der Waals surface area contributed by atoms with Crippen LogP contribution in [0.1, 0.15) is 16.3 Å². The first kappa shape index (κ1) is 17.2. The molecule has 0 spiro atoms. The summed E-state index contributed by atoms with van der Waals surface area (Å²) in [5, 5.41) is 8.21. The zero-order chi connectivity index (χ0) is 16.9. The average molecular weight is 385 g/mol. The monoisotopic (exact) mass is 384 g/mol. The largest absolute Gasteiger partial charge is 0.370 e. The third kappa shape index (κ3) is 4.05. The molecule has 1 aromatic carbocycles. The van der Waals surface area contributed by atoms with Gasteiger partial charge in [0.05, 0.1) is 13.2 Å². The van der Waals surface area contributed by atoms with Crippen LogP contribution >= 0.6 is 34.5 Å². The van der Waals surface area contributed by atoms with Gasteiger partial charge in [0.1, 0.15) is 23.2 Å². The molecule has 3 rings (SSSR count). The third-order valence-electron chi connectivity index (χ3n) is 3.20. The molecule has 0 atom stereocenters. The number of nitrogens with zero attached hydrogens (tertiary/aromatic N) is 3. The van der Waals surface area contributed by atoms with Crippen LogP contribution in [-0.4, -0.2) is 26.4 Å². The molecule has 2 heterocycles. The van der Waals surface area contributed by atoms with Gasteiger partial charge in [0.25, 0.3) is 0 Å². The number of benzene rings is 1. The zero-order valence-electron chi connectivity index (χ0n) is 12.5. The van der Waals surface area contributed by atoms with Crippen LogP contribution in [0.4, 0.5) is 0 Å². The van der Waals surface area contributed by atoms with Crippen molar-refractivity contribution in [3.05, 3.63) is 51.7 Å². The molecule has 0 saturated heterocycles. The maximum atomic E-state index is 11.3. The second-order valence-electron chi connectivity index (χ2n) is 4.93. The standard InChI is InChI=1S/C15H14Cl2N4O2S/c16-6-12(22)18-7-11-14(17)19-15-21(11)20-13(24-15)9-23-8-10-4-2-1-3-5-10/h1-5H,6-9H2,(H,18,22). The quantitative estimate of drug-likeness (QED) is 0.635. The molecule has 2 aromatic heterocycles. The van der Waals surface area contributed by atoms with Crippen LogP contribution in [0.2, 0.25) is 5.15 Å². The van der Waals surface area contributed by atoms with Crippen molar-refractivity contribution in [2.45, 2.75) is 19.8 Å². The fourth-order valence-corrected chi connectivity index (χ4v) is 3.29. The number of carbonyl (C=O) groups excluding carboxylic acids is 1. The Kier molecular flexibility index (Phi) is 5.68. The number of aromatic nitrogens is 3. The SMILES string of the molecule is O=C(CCl)NCc1c(Cl)nc2sc(COCc3ccccc3)nn12. The lowest BCUT2D eigenvalue weighted by Crippen LogP contribution is -2.24. The summed E-state index contributed by atoms with van der Waals surface area (Å²) in [6, 6.07) is 9.92. The van der Waals surface area contributed by atoms with E-state index in [4.69, 9.17) is 27.9 Å². The number of fused-ring (bicyclic) bond motifs is 1. The first-order chi connectivity index (χ1) is 11.7. The van der Waals surface area contributed by atoms with E-state index in [1.165, 1.54) is 11.3 Å². The second-order valence-corrected chi connectivity index (χ2v) is 6.59. The molecule has 0 aliphatic rings. The summed E-state index contributed by atoms with van der Waals surface area (Å²) in [4.78, 5) is 16.2. The van der Waals surface area contributed by atoms with Gasteiger partial charge in [-0.2, -0.15) is 5.10 Å². The molecule has 9 heteroatoms. The minimum atomic E-state index is -0.274. The Hall–Kier alpha value is -1.67. The molecule has 126 valence electrons.